The highest BCUT2D eigenvalue weighted by Gasteiger charge is 2.09. The molecule has 0 atom stereocenters. The summed E-state index contributed by atoms with van der Waals surface area (Å²) in [7, 11) is 0. The quantitative estimate of drug-likeness (QED) is 0.163. The van der Waals surface area contributed by atoms with Crippen LogP contribution in [-0.2, 0) is 4.79 Å². The van der Waals surface area contributed by atoms with Gasteiger partial charge in [0.25, 0.3) is 5.91 Å². The number of hydrogen-bond donors (Lipinski definition) is 2. The normalized spacial score (nSPS) is 10.6. The molecule has 0 heterocycles. The highest BCUT2D eigenvalue weighted by molar-refractivity contribution is 6.33. The molecule has 3 rings (SSSR count). The molecule has 33 heavy (non-hydrogen) atoms. The average molecular weight is 464 g/mol. The number of hydrazone groups is 1. The van der Waals surface area contributed by atoms with Crippen LogP contribution in [0.25, 0.3) is 0 Å². The molecular formula is C25H22ClN3O4. The lowest BCUT2D eigenvalue weighted by atomic mass is 10.2. The van der Waals surface area contributed by atoms with Crippen molar-refractivity contribution in [2.45, 2.75) is 12.8 Å². The fourth-order valence-electron chi connectivity index (χ4n) is 2.79. The van der Waals surface area contributed by atoms with Gasteiger partial charge in [-0.05, 0) is 60.5 Å². The fraction of sp³-hybridized carbons (Fsp3) is 0.120. The number of hydrogen-bond acceptors (Lipinski definition) is 5. The summed E-state index contributed by atoms with van der Waals surface area (Å²) in [6, 6.07) is 22.2. The number of nitrogens with zero attached hydrogens (tertiary/aromatic N) is 1. The standard InChI is InChI=1S/C25H22ClN3O4/c26-22-10-5-4-9-21(22)24(31)27-16-6-11-23(30)29-28-17-18-12-14-20(15-13-18)33-25(32)19-7-2-1-3-8-19/h1-5,7-10,12-15,17H,6,11,16H2,(H,27,31)(H,29,30). The second-order valence-corrected chi connectivity index (χ2v) is 7.36. The third-order valence-corrected chi connectivity index (χ3v) is 4.82. The summed E-state index contributed by atoms with van der Waals surface area (Å²) >= 11 is 5.98. The number of amides is 2. The van der Waals surface area contributed by atoms with E-state index in [1.807, 2.05) is 6.07 Å². The Balaban J connectivity index is 1.36. The first-order valence-corrected chi connectivity index (χ1v) is 10.6. The maximum Gasteiger partial charge on any atom is 0.343 e. The molecule has 3 aromatic carbocycles. The van der Waals surface area contributed by atoms with E-state index in [1.54, 1.807) is 72.8 Å². The lowest BCUT2D eigenvalue weighted by Gasteiger charge is -2.06. The molecule has 0 saturated carbocycles. The summed E-state index contributed by atoms with van der Waals surface area (Å²) in [6.07, 6.45) is 2.15. The number of carbonyl (C=O) groups excluding carboxylic acids is 3. The Bertz CT molecular complexity index is 1130. The van der Waals surface area contributed by atoms with Crippen LogP contribution in [0.1, 0.15) is 39.1 Å². The third kappa shape index (κ3) is 7.59. The van der Waals surface area contributed by atoms with Crippen molar-refractivity contribution in [3.05, 3.63) is 101 Å². The van der Waals surface area contributed by atoms with E-state index >= 15 is 0 Å². The summed E-state index contributed by atoms with van der Waals surface area (Å²) in [4.78, 5) is 36.0. The Kier molecular flexibility index (Phi) is 8.73. The van der Waals surface area contributed by atoms with Gasteiger partial charge in [0.1, 0.15) is 5.75 Å². The van der Waals surface area contributed by atoms with Crippen LogP contribution in [-0.4, -0.2) is 30.5 Å². The molecule has 0 saturated heterocycles. The monoisotopic (exact) mass is 463 g/mol. The van der Waals surface area contributed by atoms with E-state index < -0.39 is 5.97 Å². The summed E-state index contributed by atoms with van der Waals surface area (Å²) in [6.45, 7) is 0.338. The Labute approximate surface area is 196 Å². The van der Waals surface area contributed by atoms with Crippen LogP contribution in [0, 0.1) is 0 Å². The average Bonchev–Trinajstić information content (AvgIpc) is 2.83. The molecule has 0 spiro atoms. The number of nitrogens with one attached hydrogen (secondary N) is 2. The van der Waals surface area contributed by atoms with Gasteiger partial charge in [-0.3, -0.25) is 9.59 Å². The van der Waals surface area contributed by atoms with Crippen LogP contribution in [0.15, 0.2) is 84.0 Å². The number of carbonyl (C=O) groups is 3. The molecule has 168 valence electrons. The number of rotatable bonds is 9. The van der Waals surface area contributed by atoms with E-state index in [4.69, 9.17) is 16.3 Å². The zero-order chi connectivity index (χ0) is 23.5. The first-order valence-electron chi connectivity index (χ1n) is 10.2. The van der Waals surface area contributed by atoms with E-state index in [0.29, 0.717) is 34.9 Å². The van der Waals surface area contributed by atoms with Crippen LogP contribution in [0.2, 0.25) is 5.02 Å². The molecule has 0 bridgehead atoms. The molecule has 0 aliphatic rings. The van der Waals surface area contributed by atoms with Crippen LogP contribution in [0.3, 0.4) is 0 Å². The second kappa shape index (κ2) is 12.2. The smallest absolute Gasteiger partial charge is 0.343 e. The molecule has 2 N–H and O–H groups in total. The topological polar surface area (TPSA) is 96.9 Å². The Morgan fingerprint density at radius 3 is 2.33 bits per heavy atom. The van der Waals surface area contributed by atoms with Gasteiger partial charge in [0.15, 0.2) is 0 Å². The molecule has 0 radical (unpaired) electrons. The number of halogens is 1. The van der Waals surface area contributed by atoms with Crippen LogP contribution in [0.4, 0.5) is 0 Å². The predicted octanol–water partition coefficient (Wildman–Crippen LogP) is 4.22. The van der Waals surface area contributed by atoms with E-state index in [-0.39, 0.29) is 18.2 Å². The first-order chi connectivity index (χ1) is 16.0. The van der Waals surface area contributed by atoms with Crippen LogP contribution < -0.4 is 15.5 Å². The third-order valence-electron chi connectivity index (χ3n) is 4.49. The van der Waals surface area contributed by atoms with E-state index in [1.165, 1.54) is 6.21 Å². The van der Waals surface area contributed by atoms with Gasteiger partial charge >= 0.3 is 5.97 Å². The Morgan fingerprint density at radius 1 is 0.909 bits per heavy atom. The number of benzene rings is 3. The maximum absolute atomic E-state index is 12.1. The highest BCUT2D eigenvalue weighted by Crippen LogP contribution is 2.15. The van der Waals surface area contributed by atoms with Crippen molar-refractivity contribution in [2.75, 3.05) is 6.54 Å². The van der Waals surface area contributed by atoms with Crippen molar-refractivity contribution >= 4 is 35.6 Å². The predicted molar refractivity (Wildman–Crippen MR) is 127 cm³/mol. The minimum atomic E-state index is -0.438. The lowest BCUT2D eigenvalue weighted by Crippen LogP contribution is -2.26. The highest BCUT2D eigenvalue weighted by atomic mass is 35.5. The van der Waals surface area contributed by atoms with Crippen LogP contribution >= 0.6 is 11.6 Å². The van der Waals surface area contributed by atoms with Gasteiger partial charge in [0.05, 0.1) is 22.4 Å². The molecule has 3 aromatic rings. The van der Waals surface area contributed by atoms with Crippen molar-refractivity contribution in [1.29, 1.82) is 0 Å². The van der Waals surface area contributed by atoms with Gasteiger partial charge in [-0.25, -0.2) is 10.2 Å². The molecule has 2 amide bonds. The molecule has 8 heteroatoms. The molecule has 0 aromatic heterocycles. The minimum Gasteiger partial charge on any atom is -0.423 e. The number of ether oxygens (including phenoxy) is 1. The largest absolute Gasteiger partial charge is 0.423 e. The van der Waals surface area contributed by atoms with E-state index in [2.05, 4.69) is 15.8 Å². The van der Waals surface area contributed by atoms with Crippen LogP contribution in [0.5, 0.6) is 5.75 Å². The van der Waals surface area contributed by atoms with Crippen molar-refractivity contribution in [3.8, 4) is 5.75 Å². The molecule has 0 aliphatic heterocycles. The molecule has 0 fully saturated rings. The van der Waals surface area contributed by atoms with Crippen molar-refractivity contribution in [3.63, 3.8) is 0 Å². The Morgan fingerprint density at radius 2 is 1.61 bits per heavy atom. The van der Waals surface area contributed by atoms with Gasteiger partial charge < -0.3 is 10.1 Å². The zero-order valence-electron chi connectivity index (χ0n) is 17.7. The zero-order valence-corrected chi connectivity index (χ0v) is 18.4. The molecule has 0 aliphatic carbocycles. The first kappa shape index (κ1) is 23.7. The minimum absolute atomic E-state index is 0.203. The van der Waals surface area contributed by atoms with Crippen molar-refractivity contribution in [1.82, 2.24) is 10.7 Å². The summed E-state index contributed by atoms with van der Waals surface area (Å²) in [5.41, 5.74) is 4.03. The summed E-state index contributed by atoms with van der Waals surface area (Å²) < 4.78 is 5.31. The molecular weight excluding hydrogens is 442 g/mol. The van der Waals surface area contributed by atoms with E-state index in [0.717, 1.165) is 5.56 Å². The summed E-state index contributed by atoms with van der Waals surface area (Å²) in [5, 5.41) is 7.02. The van der Waals surface area contributed by atoms with Gasteiger partial charge in [0.2, 0.25) is 5.91 Å². The van der Waals surface area contributed by atoms with Gasteiger partial charge in [0, 0.05) is 13.0 Å². The van der Waals surface area contributed by atoms with Crippen molar-refractivity contribution in [2.24, 2.45) is 5.10 Å². The van der Waals surface area contributed by atoms with Gasteiger partial charge in [-0.15, -0.1) is 0 Å². The second-order valence-electron chi connectivity index (χ2n) is 6.96. The Hall–Kier alpha value is -3.97. The molecule has 0 unspecified atom stereocenters. The fourth-order valence-corrected chi connectivity index (χ4v) is 3.01. The summed E-state index contributed by atoms with van der Waals surface area (Å²) in [5.74, 6) is -0.584. The van der Waals surface area contributed by atoms with Crippen molar-refractivity contribution < 1.29 is 19.1 Å². The number of esters is 1. The van der Waals surface area contributed by atoms with E-state index in [9.17, 15) is 14.4 Å². The van der Waals surface area contributed by atoms with Gasteiger partial charge in [-0.2, -0.15) is 5.10 Å². The van der Waals surface area contributed by atoms with Gasteiger partial charge in [-0.1, -0.05) is 41.9 Å². The lowest BCUT2D eigenvalue weighted by molar-refractivity contribution is -0.121. The molecule has 7 nitrogen and oxygen atoms in total. The SMILES string of the molecule is O=C(CCCNC(=O)c1ccccc1Cl)NN=Cc1ccc(OC(=O)c2ccccc2)cc1. The maximum atomic E-state index is 12.1.